The lowest BCUT2D eigenvalue weighted by Gasteiger charge is -2.31. The van der Waals surface area contributed by atoms with E-state index in [-0.39, 0.29) is 35.2 Å². The Balaban J connectivity index is 1.40. The summed E-state index contributed by atoms with van der Waals surface area (Å²) in [6, 6.07) is 9.04. The highest BCUT2D eigenvalue weighted by molar-refractivity contribution is 5.44. The van der Waals surface area contributed by atoms with Crippen LogP contribution in [0, 0.1) is 35.5 Å². The number of aliphatic hydroxyl groups excluding tert-OH is 4. The van der Waals surface area contributed by atoms with E-state index in [9.17, 15) is 25.5 Å². The maximum atomic E-state index is 11.5. The molecule has 0 spiro atoms. The van der Waals surface area contributed by atoms with Crippen molar-refractivity contribution >= 4 is 0 Å². The highest BCUT2D eigenvalue weighted by atomic mass is 16.5. The zero-order chi connectivity index (χ0) is 33.3. The maximum Gasteiger partial charge on any atom is 0.161 e. The predicted molar refractivity (Wildman–Crippen MR) is 182 cm³/mol. The Bertz CT molecular complexity index is 1460. The van der Waals surface area contributed by atoms with Crippen LogP contribution in [0.3, 0.4) is 0 Å². The fourth-order valence-electron chi connectivity index (χ4n) is 7.19. The molecule has 2 aliphatic carbocycles. The number of aromatic amines is 1. The molecule has 1 aromatic carbocycles. The van der Waals surface area contributed by atoms with E-state index in [1.54, 1.807) is 12.1 Å². The summed E-state index contributed by atoms with van der Waals surface area (Å²) in [5.74, 6) is 6.83. The number of rotatable bonds is 11. The van der Waals surface area contributed by atoms with Gasteiger partial charge in [0.15, 0.2) is 11.5 Å². The summed E-state index contributed by atoms with van der Waals surface area (Å²) in [5, 5.41) is 57.5. The zero-order valence-electron chi connectivity index (χ0n) is 27.3. The summed E-state index contributed by atoms with van der Waals surface area (Å²) in [7, 11) is 0. The van der Waals surface area contributed by atoms with Crippen molar-refractivity contribution in [2.45, 2.75) is 88.6 Å². The van der Waals surface area contributed by atoms with Crippen molar-refractivity contribution in [2.75, 3.05) is 13.2 Å². The molecule has 2 heterocycles. The van der Waals surface area contributed by atoms with Crippen molar-refractivity contribution in [3.8, 4) is 23.3 Å². The Labute approximate surface area is 278 Å². The van der Waals surface area contributed by atoms with Crippen molar-refractivity contribution in [1.82, 2.24) is 10.3 Å². The average molecular weight is 646 g/mol. The molecule has 0 radical (unpaired) electrons. The van der Waals surface area contributed by atoms with Gasteiger partial charge in [-0.15, -0.1) is 0 Å². The first-order valence-corrected chi connectivity index (χ1v) is 17.1. The van der Waals surface area contributed by atoms with E-state index in [0.717, 1.165) is 42.5 Å². The number of dihydropyridines is 1. The van der Waals surface area contributed by atoms with Gasteiger partial charge in [0, 0.05) is 42.1 Å². The minimum atomic E-state index is -1.20. The fraction of sp³-hybridized carbons (Fsp3) is 0.526. The minimum absolute atomic E-state index is 0.0887. The third kappa shape index (κ3) is 9.02. The number of hydrogen-bond donors (Lipinski definition) is 8. The number of benzene rings is 1. The van der Waals surface area contributed by atoms with Gasteiger partial charge in [-0.2, -0.15) is 0 Å². The molecule has 9 nitrogen and oxygen atoms in total. The number of aromatic nitrogens is 1. The normalized spacial score (nSPS) is 28.2. The third-order valence-electron chi connectivity index (χ3n) is 9.99. The summed E-state index contributed by atoms with van der Waals surface area (Å²) in [6.07, 6.45) is 12.3. The average Bonchev–Trinajstić information content (AvgIpc) is 3.52. The first-order valence-electron chi connectivity index (χ1n) is 17.1. The lowest BCUT2D eigenvalue weighted by Crippen LogP contribution is -2.37. The molecule has 2 aromatic rings. The summed E-state index contributed by atoms with van der Waals surface area (Å²) in [6.45, 7) is 2.22. The van der Waals surface area contributed by atoms with Gasteiger partial charge in [-0.25, -0.2) is 0 Å². The first-order chi connectivity index (χ1) is 22.7. The van der Waals surface area contributed by atoms with Gasteiger partial charge in [0.25, 0.3) is 0 Å². The predicted octanol–water partition coefficient (Wildman–Crippen LogP) is 4.00. The van der Waals surface area contributed by atoms with Crippen molar-refractivity contribution < 1.29 is 30.3 Å². The SMILES string of the molecule is CCC1C#CC2C=CC(c3ccc(O)c(OC(CC(Cc4ccc[nH]4)C4=CCNC(N)=C4)C(O)CO)c3)CC(O)C2C(O)CCCC1. The third-order valence-corrected chi connectivity index (χ3v) is 9.99. The smallest absolute Gasteiger partial charge is 0.161 e. The number of phenols is 1. The van der Waals surface area contributed by atoms with Crippen molar-refractivity contribution in [3.63, 3.8) is 0 Å². The molecule has 9 atom stereocenters. The summed E-state index contributed by atoms with van der Waals surface area (Å²) >= 11 is 0. The zero-order valence-corrected chi connectivity index (χ0v) is 27.3. The second kappa shape index (κ2) is 16.4. The maximum absolute atomic E-state index is 11.5. The lowest BCUT2D eigenvalue weighted by atomic mass is 9.79. The summed E-state index contributed by atoms with van der Waals surface area (Å²) in [4.78, 5) is 3.25. The topological polar surface area (TPSA) is 164 Å². The van der Waals surface area contributed by atoms with E-state index in [4.69, 9.17) is 10.5 Å². The molecule has 3 aliphatic rings. The monoisotopic (exact) mass is 645 g/mol. The van der Waals surface area contributed by atoms with Gasteiger partial charge in [0.2, 0.25) is 0 Å². The second-order valence-corrected chi connectivity index (χ2v) is 13.3. The molecule has 0 saturated heterocycles. The second-order valence-electron chi connectivity index (χ2n) is 13.3. The minimum Gasteiger partial charge on any atom is -0.504 e. The van der Waals surface area contributed by atoms with Crippen LogP contribution in [0.1, 0.15) is 69.0 Å². The van der Waals surface area contributed by atoms with Crippen LogP contribution < -0.4 is 15.8 Å². The van der Waals surface area contributed by atoms with E-state index in [1.165, 1.54) is 0 Å². The molecule has 1 aliphatic heterocycles. The van der Waals surface area contributed by atoms with Gasteiger partial charge >= 0.3 is 0 Å². The first kappa shape index (κ1) is 34.6. The number of nitrogens with two attached hydrogens (primary N) is 1. The number of fused-ring (bicyclic) bond motifs is 1. The van der Waals surface area contributed by atoms with Gasteiger partial charge in [-0.3, -0.25) is 0 Å². The van der Waals surface area contributed by atoms with E-state index < -0.39 is 31.0 Å². The van der Waals surface area contributed by atoms with Crippen LogP contribution in [0.2, 0.25) is 0 Å². The molecule has 9 heteroatoms. The van der Waals surface area contributed by atoms with Crippen molar-refractivity contribution in [2.24, 2.45) is 29.4 Å². The summed E-state index contributed by atoms with van der Waals surface area (Å²) in [5.41, 5.74) is 8.93. The van der Waals surface area contributed by atoms with Crippen LogP contribution in [0.15, 0.2) is 72.2 Å². The molecule has 1 aromatic heterocycles. The highest BCUT2D eigenvalue weighted by Crippen LogP contribution is 2.39. The molecule has 254 valence electrons. The molecule has 0 amide bonds. The number of aliphatic hydroxyl groups is 4. The molecule has 0 fully saturated rings. The van der Waals surface area contributed by atoms with Crippen molar-refractivity contribution in [1.29, 1.82) is 0 Å². The number of aromatic hydroxyl groups is 1. The van der Waals surface area contributed by atoms with Crippen LogP contribution in [0.25, 0.3) is 0 Å². The van der Waals surface area contributed by atoms with E-state index in [0.29, 0.717) is 44.0 Å². The van der Waals surface area contributed by atoms with Crippen molar-refractivity contribution in [3.05, 3.63) is 83.5 Å². The van der Waals surface area contributed by atoms with Crippen LogP contribution >= 0.6 is 0 Å². The molecule has 47 heavy (non-hydrogen) atoms. The molecule has 0 bridgehead atoms. The molecule has 9 N–H and O–H groups in total. The Kier molecular flexibility index (Phi) is 12.1. The Morgan fingerprint density at radius 2 is 1.91 bits per heavy atom. The largest absolute Gasteiger partial charge is 0.504 e. The number of nitrogens with one attached hydrogen (secondary N) is 2. The van der Waals surface area contributed by atoms with Crippen LogP contribution in [0.5, 0.6) is 11.5 Å². The van der Waals surface area contributed by atoms with Gasteiger partial charge in [-0.1, -0.05) is 55.9 Å². The van der Waals surface area contributed by atoms with E-state index in [2.05, 4.69) is 35.1 Å². The van der Waals surface area contributed by atoms with E-state index in [1.807, 2.05) is 42.6 Å². The number of ether oxygens (including phenoxy) is 1. The van der Waals surface area contributed by atoms with Gasteiger partial charge in [0.1, 0.15) is 12.2 Å². The highest BCUT2D eigenvalue weighted by Gasteiger charge is 2.36. The van der Waals surface area contributed by atoms with Gasteiger partial charge in [0.05, 0.1) is 24.6 Å². The number of H-pyrrole nitrogens is 1. The molecular formula is C38H51N3O6. The Hall–Kier alpha value is -3.68. The number of phenolic OH excluding ortho intramolecular Hbond substituents is 1. The van der Waals surface area contributed by atoms with Crippen LogP contribution in [0.4, 0.5) is 0 Å². The number of hydrogen-bond acceptors (Lipinski definition) is 8. The lowest BCUT2D eigenvalue weighted by molar-refractivity contribution is -0.0105. The molecule has 9 unspecified atom stereocenters. The van der Waals surface area contributed by atoms with Gasteiger partial charge < -0.3 is 46.3 Å². The molecule has 5 rings (SSSR count). The number of allylic oxidation sites excluding steroid dienone is 4. The van der Waals surface area contributed by atoms with Crippen LogP contribution in [-0.2, 0) is 6.42 Å². The fourth-order valence-corrected chi connectivity index (χ4v) is 7.19. The molecule has 0 saturated carbocycles. The van der Waals surface area contributed by atoms with Crippen LogP contribution in [-0.4, -0.2) is 68.1 Å². The Morgan fingerprint density at radius 1 is 1.09 bits per heavy atom. The van der Waals surface area contributed by atoms with E-state index >= 15 is 0 Å². The standard InChI is InChI=1S/C38H51N3O6/c1-2-24-6-3-4-8-32(44)38-25(10-9-24)11-12-26(19-33(38)45)27-13-14-31(43)35(20-27)47-36(34(46)23-42)21-29(18-30-7-5-16-40-30)28-15-17-41-37(39)22-28/h5,7,11-16,20,22,24-26,29,32-34,36,38,40-46H,2-4,6,8,17-19,21,23,39H2,1H3. The quantitative estimate of drug-likeness (QED) is 0.134. The summed E-state index contributed by atoms with van der Waals surface area (Å²) < 4.78 is 6.34. The van der Waals surface area contributed by atoms with Gasteiger partial charge in [-0.05, 0) is 85.9 Å². The Morgan fingerprint density at radius 3 is 2.66 bits per heavy atom. The molecular weight excluding hydrogens is 594 g/mol.